The zero-order valence-corrected chi connectivity index (χ0v) is 7.90. The van der Waals surface area contributed by atoms with Gasteiger partial charge in [0.1, 0.15) is 0 Å². The van der Waals surface area contributed by atoms with Crippen molar-refractivity contribution in [3.8, 4) is 0 Å². The molecule has 0 aromatic carbocycles. The monoisotopic (exact) mass is 155 g/mol. The summed E-state index contributed by atoms with van der Waals surface area (Å²) in [7, 11) is 2.01. The number of nitrogens with one attached hydrogen (secondary N) is 1. The van der Waals surface area contributed by atoms with E-state index in [0.717, 1.165) is 6.54 Å². The molecule has 0 aliphatic rings. The number of allylic oxidation sites excluding steroid dienone is 2. The molecule has 1 N–H and O–H groups in total. The normalized spacial score (nSPS) is 11.1. The molecule has 0 aromatic rings. The van der Waals surface area contributed by atoms with Gasteiger partial charge in [-0.05, 0) is 39.3 Å². The largest absolute Gasteiger partial charge is 0.320 e. The van der Waals surface area contributed by atoms with Crippen LogP contribution in [0, 0.1) is 0 Å². The van der Waals surface area contributed by atoms with Gasteiger partial charge in [0.15, 0.2) is 0 Å². The van der Waals surface area contributed by atoms with Crippen LogP contribution in [0.1, 0.15) is 39.0 Å². The lowest BCUT2D eigenvalue weighted by molar-refractivity contribution is 0.647. The minimum Gasteiger partial charge on any atom is -0.320 e. The SMILES string of the molecule is CC/C=C\CCCCCNC. The Morgan fingerprint density at radius 3 is 2.55 bits per heavy atom. The Labute approximate surface area is 70.9 Å². The smallest absolute Gasteiger partial charge is 0.00519 e. The van der Waals surface area contributed by atoms with E-state index in [0.29, 0.717) is 0 Å². The maximum Gasteiger partial charge on any atom is -0.00519 e. The summed E-state index contributed by atoms with van der Waals surface area (Å²) in [4.78, 5) is 0. The van der Waals surface area contributed by atoms with Crippen molar-refractivity contribution in [2.24, 2.45) is 0 Å². The van der Waals surface area contributed by atoms with Crippen LogP contribution < -0.4 is 5.32 Å². The maximum atomic E-state index is 3.15. The van der Waals surface area contributed by atoms with Gasteiger partial charge in [0, 0.05) is 0 Å². The molecule has 0 atom stereocenters. The average Bonchev–Trinajstić information content (AvgIpc) is 2.03. The Balaban J connectivity index is 2.85. The minimum absolute atomic E-state index is 1.16. The van der Waals surface area contributed by atoms with Gasteiger partial charge in [-0.2, -0.15) is 0 Å². The van der Waals surface area contributed by atoms with Crippen molar-refractivity contribution in [2.75, 3.05) is 13.6 Å². The molecule has 0 aliphatic carbocycles. The van der Waals surface area contributed by atoms with Gasteiger partial charge < -0.3 is 5.32 Å². The Morgan fingerprint density at radius 2 is 1.91 bits per heavy atom. The van der Waals surface area contributed by atoms with Crippen LogP contribution in [0.25, 0.3) is 0 Å². The van der Waals surface area contributed by atoms with E-state index >= 15 is 0 Å². The number of unbranched alkanes of at least 4 members (excludes halogenated alkanes) is 3. The highest BCUT2D eigenvalue weighted by Crippen LogP contribution is 1.99. The Morgan fingerprint density at radius 1 is 1.09 bits per heavy atom. The first-order chi connectivity index (χ1) is 5.41. The van der Waals surface area contributed by atoms with Crippen molar-refractivity contribution < 1.29 is 0 Å². The van der Waals surface area contributed by atoms with Crippen LogP contribution in [0.3, 0.4) is 0 Å². The van der Waals surface area contributed by atoms with Crippen LogP contribution in [0.5, 0.6) is 0 Å². The Bertz CT molecular complexity index is 86.9. The second kappa shape index (κ2) is 9.70. The van der Waals surface area contributed by atoms with Crippen LogP contribution in [0.2, 0.25) is 0 Å². The molecule has 11 heavy (non-hydrogen) atoms. The standard InChI is InChI=1S/C10H21N/c1-3-4-5-6-7-8-9-10-11-2/h4-5,11H,3,6-10H2,1-2H3/b5-4-. The fourth-order valence-corrected chi connectivity index (χ4v) is 1.03. The highest BCUT2D eigenvalue weighted by Gasteiger charge is 1.84. The van der Waals surface area contributed by atoms with Gasteiger partial charge in [0.2, 0.25) is 0 Å². The summed E-state index contributed by atoms with van der Waals surface area (Å²) in [5, 5.41) is 3.15. The van der Waals surface area contributed by atoms with E-state index in [1.165, 1.54) is 32.1 Å². The van der Waals surface area contributed by atoms with Gasteiger partial charge in [-0.1, -0.05) is 25.5 Å². The van der Waals surface area contributed by atoms with E-state index in [2.05, 4.69) is 24.4 Å². The van der Waals surface area contributed by atoms with E-state index in [1.54, 1.807) is 0 Å². The van der Waals surface area contributed by atoms with E-state index in [4.69, 9.17) is 0 Å². The van der Waals surface area contributed by atoms with Crippen molar-refractivity contribution in [3.05, 3.63) is 12.2 Å². The molecule has 66 valence electrons. The molecule has 0 spiro atoms. The Kier molecular flexibility index (Phi) is 9.44. The maximum absolute atomic E-state index is 3.15. The molecule has 0 unspecified atom stereocenters. The van der Waals surface area contributed by atoms with Crippen LogP contribution in [0.4, 0.5) is 0 Å². The van der Waals surface area contributed by atoms with Crippen LogP contribution >= 0.6 is 0 Å². The molecule has 0 aromatic heterocycles. The highest BCUT2D eigenvalue weighted by atomic mass is 14.8. The molecule has 0 fully saturated rings. The lowest BCUT2D eigenvalue weighted by Crippen LogP contribution is -2.06. The lowest BCUT2D eigenvalue weighted by atomic mass is 10.2. The van der Waals surface area contributed by atoms with Crippen LogP contribution in [-0.4, -0.2) is 13.6 Å². The van der Waals surface area contributed by atoms with Gasteiger partial charge in [-0.25, -0.2) is 0 Å². The molecule has 1 heteroatoms. The van der Waals surface area contributed by atoms with Crippen molar-refractivity contribution in [1.29, 1.82) is 0 Å². The third-order valence-electron chi connectivity index (χ3n) is 1.70. The summed E-state index contributed by atoms with van der Waals surface area (Å²) >= 11 is 0. The van der Waals surface area contributed by atoms with Gasteiger partial charge in [-0.15, -0.1) is 0 Å². The zero-order valence-electron chi connectivity index (χ0n) is 7.90. The summed E-state index contributed by atoms with van der Waals surface area (Å²) in [5.74, 6) is 0. The second-order valence-electron chi connectivity index (χ2n) is 2.83. The third-order valence-corrected chi connectivity index (χ3v) is 1.70. The summed E-state index contributed by atoms with van der Waals surface area (Å²) in [5.41, 5.74) is 0. The topological polar surface area (TPSA) is 12.0 Å². The van der Waals surface area contributed by atoms with Gasteiger partial charge in [0.05, 0.1) is 0 Å². The molecule has 1 nitrogen and oxygen atoms in total. The third kappa shape index (κ3) is 9.70. The number of rotatable bonds is 7. The minimum atomic E-state index is 1.16. The van der Waals surface area contributed by atoms with Crippen molar-refractivity contribution in [1.82, 2.24) is 5.32 Å². The molecule has 0 radical (unpaired) electrons. The quantitative estimate of drug-likeness (QED) is 0.440. The molecule has 0 heterocycles. The summed E-state index contributed by atoms with van der Waals surface area (Å²) in [6, 6.07) is 0. The van der Waals surface area contributed by atoms with Crippen molar-refractivity contribution >= 4 is 0 Å². The predicted molar refractivity (Wildman–Crippen MR) is 51.8 cm³/mol. The van der Waals surface area contributed by atoms with Crippen LogP contribution in [0.15, 0.2) is 12.2 Å². The van der Waals surface area contributed by atoms with Crippen LogP contribution in [-0.2, 0) is 0 Å². The van der Waals surface area contributed by atoms with Gasteiger partial charge >= 0.3 is 0 Å². The fourth-order valence-electron chi connectivity index (χ4n) is 1.03. The van der Waals surface area contributed by atoms with E-state index in [1.807, 2.05) is 7.05 Å². The molecular weight excluding hydrogens is 134 g/mol. The number of hydrogen-bond donors (Lipinski definition) is 1. The summed E-state index contributed by atoms with van der Waals surface area (Å²) < 4.78 is 0. The lowest BCUT2D eigenvalue weighted by Gasteiger charge is -1.96. The first kappa shape index (κ1) is 10.7. The summed E-state index contributed by atoms with van der Waals surface area (Å²) in [6.45, 7) is 3.34. The van der Waals surface area contributed by atoms with E-state index < -0.39 is 0 Å². The molecular formula is C10H21N. The fraction of sp³-hybridized carbons (Fsp3) is 0.800. The molecule has 0 amide bonds. The van der Waals surface area contributed by atoms with Gasteiger partial charge in [0.25, 0.3) is 0 Å². The first-order valence-corrected chi connectivity index (χ1v) is 4.71. The Hall–Kier alpha value is -0.300. The number of hydrogen-bond acceptors (Lipinski definition) is 1. The molecule has 0 saturated heterocycles. The van der Waals surface area contributed by atoms with Crippen molar-refractivity contribution in [3.63, 3.8) is 0 Å². The van der Waals surface area contributed by atoms with Crippen molar-refractivity contribution in [2.45, 2.75) is 39.0 Å². The molecule has 0 saturated carbocycles. The average molecular weight is 155 g/mol. The second-order valence-corrected chi connectivity index (χ2v) is 2.83. The first-order valence-electron chi connectivity index (χ1n) is 4.71. The van der Waals surface area contributed by atoms with E-state index in [9.17, 15) is 0 Å². The highest BCUT2D eigenvalue weighted by molar-refractivity contribution is 4.79. The summed E-state index contributed by atoms with van der Waals surface area (Å²) in [6.07, 6.45) is 11.0. The molecule has 0 bridgehead atoms. The van der Waals surface area contributed by atoms with E-state index in [-0.39, 0.29) is 0 Å². The molecule has 0 aliphatic heterocycles. The predicted octanol–water partition coefficient (Wildman–Crippen LogP) is 2.73. The molecule has 0 rings (SSSR count). The zero-order chi connectivity index (χ0) is 8.36. The van der Waals surface area contributed by atoms with Gasteiger partial charge in [-0.3, -0.25) is 0 Å².